The third-order valence-electron chi connectivity index (χ3n) is 11.3. The van der Waals surface area contributed by atoms with Gasteiger partial charge in [-0.1, -0.05) is 170 Å². The van der Waals surface area contributed by atoms with Crippen LogP contribution in [0.1, 0.15) is 22.3 Å². The summed E-state index contributed by atoms with van der Waals surface area (Å²) in [6.45, 7) is 0. The second kappa shape index (κ2) is 12.9. The highest BCUT2D eigenvalue weighted by Crippen LogP contribution is 2.63. The van der Waals surface area contributed by atoms with Crippen molar-refractivity contribution in [2.24, 2.45) is 0 Å². The number of anilines is 3. The van der Waals surface area contributed by atoms with Crippen molar-refractivity contribution in [2.45, 2.75) is 5.41 Å². The third-order valence-corrected chi connectivity index (χ3v) is 11.3. The summed E-state index contributed by atoms with van der Waals surface area (Å²) in [4.78, 5) is 18.0. The fourth-order valence-electron chi connectivity index (χ4n) is 8.92. The predicted molar refractivity (Wildman–Crippen MR) is 227 cm³/mol. The first-order chi connectivity index (χ1) is 27.8. The van der Waals surface area contributed by atoms with Crippen molar-refractivity contribution in [3.05, 3.63) is 229 Å². The first kappa shape index (κ1) is 32.0. The van der Waals surface area contributed by atoms with Crippen LogP contribution in [0.3, 0.4) is 0 Å². The van der Waals surface area contributed by atoms with Crippen LogP contribution in [0.25, 0.3) is 56.4 Å². The van der Waals surface area contributed by atoms with Crippen molar-refractivity contribution in [3.8, 4) is 56.4 Å². The van der Waals surface area contributed by atoms with Crippen LogP contribution in [0.4, 0.5) is 17.1 Å². The fourth-order valence-corrected chi connectivity index (χ4v) is 8.92. The van der Waals surface area contributed by atoms with Gasteiger partial charge in [-0.3, -0.25) is 0 Å². The fraction of sp³-hybridized carbons (Fsp3) is 0.0192. The van der Waals surface area contributed by atoms with Gasteiger partial charge in [-0.25, -0.2) is 15.0 Å². The molecular formula is C52H34N4. The van der Waals surface area contributed by atoms with Crippen LogP contribution < -0.4 is 4.90 Å². The van der Waals surface area contributed by atoms with Crippen molar-refractivity contribution in [3.63, 3.8) is 0 Å². The highest BCUT2D eigenvalue weighted by atomic mass is 15.2. The minimum Gasteiger partial charge on any atom is -0.310 e. The summed E-state index contributed by atoms with van der Waals surface area (Å²) in [7, 11) is 0. The third kappa shape index (κ3) is 4.89. The molecule has 1 spiro atoms. The zero-order valence-electron chi connectivity index (χ0n) is 30.4. The van der Waals surface area contributed by atoms with E-state index in [0.29, 0.717) is 17.5 Å². The maximum absolute atomic E-state index is 5.25. The molecule has 4 nitrogen and oxygen atoms in total. The molecule has 1 aliphatic carbocycles. The van der Waals surface area contributed by atoms with Crippen molar-refractivity contribution in [2.75, 3.05) is 4.90 Å². The minimum absolute atomic E-state index is 0.581. The normalized spacial score (nSPS) is 13.1. The van der Waals surface area contributed by atoms with Crippen LogP contribution in [0.2, 0.25) is 0 Å². The molecule has 1 aliphatic heterocycles. The van der Waals surface area contributed by atoms with Crippen molar-refractivity contribution < 1.29 is 0 Å². The van der Waals surface area contributed by atoms with Crippen LogP contribution >= 0.6 is 0 Å². The SMILES string of the molecule is c1ccc(-c2cccc(-c3nc(-c4ccccc4)nc(-c4ccc5c(c4)C4(c6ccccc6-5)c5ccccc5N(c5ccccc5)c5ccccc54)n3)c2)cc1. The lowest BCUT2D eigenvalue weighted by Gasteiger charge is -2.45. The monoisotopic (exact) mass is 714 g/mol. The number of benzene rings is 8. The van der Waals surface area contributed by atoms with E-state index < -0.39 is 5.41 Å². The number of fused-ring (bicyclic) bond motifs is 9. The van der Waals surface area contributed by atoms with Crippen molar-refractivity contribution in [1.82, 2.24) is 15.0 Å². The Labute approximate surface area is 326 Å². The van der Waals surface area contributed by atoms with E-state index in [-0.39, 0.29) is 0 Å². The molecule has 0 saturated heterocycles. The average Bonchev–Trinajstić information content (AvgIpc) is 3.57. The van der Waals surface area contributed by atoms with E-state index in [1.807, 2.05) is 24.3 Å². The Bertz CT molecular complexity index is 2870. The number of nitrogens with zero attached hydrogens (tertiary/aromatic N) is 4. The minimum atomic E-state index is -0.581. The van der Waals surface area contributed by atoms with Gasteiger partial charge in [-0.05, 0) is 80.9 Å². The molecule has 0 N–H and O–H groups in total. The number of aromatic nitrogens is 3. The summed E-state index contributed by atoms with van der Waals surface area (Å²) in [5.41, 5.74) is 15.4. The molecule has 0 fully saturated rings. The molecule has 0 atom stereocenters. The Kier molecular flexibility index (Phi) is 7.36. The average molecular weight is 715 g/mol. The van der Waals surface area contributed by atoms with E-state index in [4.69, 9.17) is 15.0 Å². The lowest BCUT2D eigenvalue weighted by Crippen LogP contribution is -2.36. The molecule has 56 heavy (non-hydrogen) atoms. The Balaban J connectivity index is 1.15. The van der Waals surface area contributed by atoms with Gasteiger partial charge in [0.2, 0.25) is 0 Å². The summed E-state index contributed by atoms with van der Waals surface area (Å²) in [6, 6.07) is 73.3. The first-order valence-corrected chi connectivity index (χ1v) is 19.0. The van der Waals surface area contributed by atoms with Crippen molar-refractivity contribution >= 4 is 17.1 Å². The molecule has 0 saturated carbocycles. The maximum atomic E-state index is 5.25. The molecule has 2 aliphatic rings. The smallest absolute Gasteiger partial charge is 0.164 e. The Hall–Kier alpha value is -7.43. The summed E-state index contributed by atoms with van der Waals surface area (Å²) >= 11 is 0. The van der Waals surface area contributed by atoms with Gasteiger partial charge in [0.25, 0.3) is 0 Å². The molecule has 1 aromatic heterocycles. The summed E-state index contributed by atoms with van der Waals surface area (Å²) in [5.74, 6) is 1.91. The van der Waals surface area contributed by atoms with Gasteiger partial charge in [-0.2, -0.15) is 0 Å². The molecule has 0 bridgehead atoms. The quantitative estimate of drug-likeness (QED) is 0.178. The van der Waals surface area contributed by atoms with E-state index >= 15 is 0 Å². The van der Waals surface area contributed by atoms with Crippen LogP contribution in [0, 0.1) is 0 Å². The Morgan fingerprint density at radius 2 is 0.768 bits per heavy atom. The molecule has 0 unspecified atom stereocenters. The molecule has 262 valence electrons. The Morgan fingerprint density at radius 1 is 0.304 bits per heavy atom. The maximum Gasteiger partial charge on any atom is 0.164 e. The summed E-state index contributed by atoms with van der Waals surface area (Å²) in [5, 5.41) is 0. The van der Waals surface area contributed by atoms with Gasteiger partial charge in [-0.15, -0.1) is 0 Å². The van der Waals surface area contributed by atoms with Gasteiger partial charge >= 0.3 is 0 Å². The van der Waals surface area contributed by atoms with Gasteiger partial charge in [0.1, 0.15) is 0 Å². The summed E-state index contributed by atoms with van der Waals surface area (Å²) in [6.07, 6.45) is 0. The van der Waals surface area contributed by atoms with Gasteiger partial charge in [0.15, 0.2) is 17.5 Å². The van der Waals surface area contributed by atoms with E-state index in [9.17, 15) is 0 Å². The lowest BCUT2D eigenvalue weighted by molar-refractivity contribution is 0.753. The molecule has 4 heteroatoms. The van der Waals surface area contributed by atoms with Gasteiger partial charge in [0, 0.05) is 22.4 Å². The number of para-hydroxylation sites is 3. The predicted octanol–water partition coefficient (Wildman–Crippen LogP) is 12.7. The number of hydrogen-bond donors (Lipinski definition) is 0. The molecule has 0 radical (unpaired) electrons. The van der Waals surface area contributed by atoms with Crippen LogP contribution in [0.5, 0.6) is 0 Å². The molecule has 8 aromatic carbocycles. The Morgan fingerprint density at radius 3 is 1.43 bits per heavy atom. The topological polar surface area (TPSA) is 41.9 Å². The van der Waals surface area contributed by atoms with Crippen LogP contribution in [-0.4, -0.2) is 15.0 Å². The van der Waals surface area contributed by atoms with Crippen LogP contribution in [0.15, 0.2) is 206 Å². The van der Waals surface area contributed by atoms with Crippen molar-refractivity contribution in [1.29, 1.82) is 0 Å². The second-order valence-corrected chi connectivity index (χ2v) is 14.4. The number of rotatable bonds is 5. The highest BCUT2D eigenvalue weighted by molar-refractivity contribution is 5.96. The van der Waals surface area contributed by atoms with E-state index in [0.717, 1.165) is 44.9 Å². The van der Waals surface area contributed by atoms with E-state index in [1.54, 1.807) is 0 Å². The standard InChI is InChI=1S/C52H34N4/c1-4-17-35(18-5-1)37-21-16-22-38(33-37)50-53-49(36-19-6-2-7-20-36)54-51(55-50)39-31-32-42-41-25-10-11-26-43(41)52(46(42)34-39)44-27-12-14-29-47(44)56(40-23-8-3-9-24-40)48-30-15-13-28-45(48)52/h1-34H. The zero-order chi connectivity index (χ0) is 37.1. The lowest BCUT2D eigenvalue weighted by atomic mass is 9.64. The van der Waals surface area contributed by atoms with E-state index in [2.05, 4.69) is 187 Å². The molecule has 9 aromatic rings. The molecule has 0 amide bonds. The summed E-state index contributed by atoms with van der Waals surface area (Å²) < 4.78 is 0. The molecule has 11 rings (SSSR count). The largest absolute Gasteiger partial charge is 0.310 e. The van der Waals surface area contributed by atoms with E-state index in [1.165, 1.54) is 33.4 Å². The molecular weight excluding hydrogens is 681 g/mol. The number of hydrogen-bond acceptors (Lipinski definition) is 4. The zero-order valence-corrected chi connectivity index (χ0v) is 30.4. The first-order valence-electron chi connectivity index (χ1n) is 19.0. The molecule has 2 heterocycles. The van der Waals surface area contributed by atoms with Gasteiger partial charge < -0.3 is 4.90 Å². The van der Waals surface area contributed by atoms with Crippen LogP contribution in [-0.2, 0) is 5.41 Å². The second-order valence-electron chi connectivity index (χ2n) is 14.4. The van der Waals surface area contributed by atoms with Gasteiger partial charge in [0.05, 0.1) is 16.8 Å². The highest BCUT2D eigenvalue weighted by Gasteiger charge is 2.51.